The second kappa shape index (κ2) is 6.50. The minimum atomic E-state index is -3.21. The van der Waals surface area contributed by atoms with Crippen molar-refractivity contribution < 1.29 is 8.42 Å². The van der Waals surface area contributed by atoms with E-state index >= 15 is 0 Å². The number of piperidine rings is 1. The number of nitrogens with two attached hydrogens (primary N) is 1. The molecule has 0 aromatic rings. The minimum absolute atomic E-state index is 0.252. The summed E-state index contributed by atoms with van der Waals surface area (Å²) in [5.41, 5.74) is 5.71. The van der Waals surface area contributed by atoms with Gasteiger partial charge in [-0.3, -0.25) is 0 Å². The summed E-state index contributed by atoms with van der Waals surface area (Å²) in [6.07, 6.45) is 8.38. The molecule has 2 fully saturated rings. The quantitative estimate of drug-likeness (QED) is 0.807. The van der Waals surface area contributed by atoms with Crippen LogP contribution < -0.4 is 5.73 Å². The molecule has 4 nitrogen and oxygen atoms in total. The first kappa shape index (κ1) is 15.2. The van der Waals surface area contributed by atoms with Gasteiger partial charge in [0.25, 0.3) is 0 Å². The van der Waals surface area contributed by atoms with Crippen LogP contribution in [0.25, 0.3) is 0 Å². The zero-order valence-electron chi connectivity index (χ0n) is 11.4. The van der Waals surface area contributed by atoms with E-state index in [1.54, 1.807) is 4.31 Å². The lowest BCUT2D eigenvalue weighted by Crippen LogP contribution is -2.51. The fourth-order valence-electron chi connectivity index (χ4n) is 3.27. The van der Waals surface area contributed by atoms with E-state index in [4.69, 9.17) is 18.0 Å². The summed E-state index contributed by atoms with van der Waals surface area (Å²) in [5.74, 6) is 0.610. The van der Waals surface area contributed by atoms with Crippen molar-refractivity contribution in [1.82, 2.24) is 4.31 Å². The van der Waals surface area contributed by atoms with Crippen LogP contribution >= 0.6 is 12.2 Å². The molecule has 6 heteroatoms. The van der Waals surface area contributed by atoms with E-state index < -0.39 is 10.0 Å². The van der Waals surface area contributed by atoms with Crippen LogP contribution in [0.2, 0.25) is 0 Å². The van der Waals surface area contributed by atoms with Gasteiger partial charge in [0, 0.05) is 6.54 Å². The second-order valence-electron chi connectivity index (χ2n) is 5.81. The van der Waals surface area contributed by atoms with E-state index in [-0.39, 0.29) is 11.8 Å². The topological polar surface area (TPSA) is 63.4 Å². The normalized spacial score (nSPS) is 27.3. The Morgan fingerprint density at radius 3 is 2.37 bits per heavy atom. The van der Waals surface area contributed by atoms with Crippen molar-refractivity contribution in [2.45, 2.75) is 57.4 Å². The van der Waals surface area contributed by atoms with Gasteiger partial charge in [0.15, 0.2) is 0 Å². The lowest BCUT2D eigenvalue weighted by Gasteiger charge is -2.35. The molecule has 0 amide bonds. The zero-order valence-corrected chi connectivity index (χ0v) is 13.0. The molecule has 1 saturated heterocycles. The molecule has 1 aliphatic carbocycles. The van der Waals surface area contributed by atoms with Crippen molar-refractivity contribution in [2.24, 2.45) is 11.7 Å². The number of sulfonamides is 1. The number of nitrogens with zero attached hydrogens (tertiary/aromatic N) is 1. The van der Waals surface area contributed by atoms with Crippen LogP contribution in [0.5, 0.6) is 0 Å². The lowest BCUT2D eigenvalue weighted by atomic mass is 9.91. The fraction of sp³-hybridized carbons (Fsp3) is 0.923. The van der Waals surface area contributed by atoms with Crippen molar-refractivity contribution >= 4 is 27.2 Å². The molecule has 2 N–H and O–H groups in total. The van der Waals surface area contributed by atoms with Gasteiger partial charge in [0.05, 0.1) is 16.8 Å². The van der Waals surface area contributed by atoms with Gasteiger partial charge in [0.1, 0.15) is 0 Å². The lowest BCUT2D eigenvalue weighted by molar-refractivity contribution is 0.299. The highest BCUT2D eigenvalue weighted by molar-refractivity contribution is 7.89. The third-order valence-electron chi connectivity index (χ3n) is 4.31. The van der Waals surface area contributed by atoms with Gasteiger partial charge in [-0.25, -0.2) is 8.42 Å². The van der Waals surface area contributed by atoms with E-state index in [1.807, 2.05) is 0 Å². The van der Waals surface area contributed by atoms with Crippen molar-refractivity contribution in [3.63, 3.8) is 0 Å². The first-order valence-corrected chi connectivity index (χ1v) is 9.31. The molecule has 1 aliphatic heterocycles. The Balaban J connectivity index is 2.05. The molecule has 19 heavy (non-hydrogen) atoms. The fourth-order valence-corrected chi connectivity index (χ4v) is 5.72. The van der Waals surface area contributed by atoms with Crippen LogP contribution in [0.1, 0.15) is 51.4 Å². The Morgan fingerprint density at radius 1 is 1.11 bits per heavy atom. The standard InChI is InChI=1S/C13H24N2O2S2/c14-13(18)12-8-4-5-9-15(12)19(16,17)10-11-6-2-1-3-7-11/h11-12H,1-10H2,(H2,14,18). The molecule has 1 unspecified atom stereocenters. The second-order valence-corrected chi connectivity index (χ2v) is 8.24. The van der Waals surface area contributed by atoms with Crippen LogP contribution in [-0.4, -0.2) is 36.1 Å². The Labute approximate surface area is 121 Å². The molecular weight excluding hydrogens is 280 g/mol. The highest BCUT2D eigenvalue weighted by Gasteiger charge is 2.35. The molecule has 1 saturated carbocycles. The monoisotopic (exact) mass is 304 g/mol. The largest absolute Gasteiger partial charge is 0.392 e. The molecule has 0 radical (unpaired) electrons. The first-order valence-electron chi connectivity index (χ1n) is 7.29. The smallest absolute Gasteiger partial charge is 0.215 e. The summed E-state index contributed by atoms with van der Waals surface area (Å²) in [5, 5.41) is 0. The van der Waals surface area contributed by atoms with Gasteiger partial charge in [-0.15, -0.1) is 0 Å². The molecule has 0 bridgehead atoms. The van der Waals surface area contributed by atoms with Crippen LogP contribution in [0.4, 0.5) is 0 Å². The molecule has 0 spiro atoms. The molecule has 0 aromatic carbocycles. The first-order chi connectivity index (χ1) is 9.00. The van der Waals surface area contributed by atoms with Gasteiger partial charge in [-0.05, 0) is 31.6 Å². The van der Waals surface area contributed by atoms with E-state index in [9.17, 15) is 8.42 Å². The molecule has 2 aliphatic rings. The maximum Gasteiger partial charge on any atom is 0.215 e. The molecule has 110 valence electrons. The van der Waals surface area contributed by atoms with Gasteiger partial charge in [0.2, 0.25) is 10.0 Å². The SMILES string of the molecule is NC(=S)C1CCCCN1S(=O)(=O)CC1CCCCC1. The average molecular weight is 304 g/mol. The van der Waals surface area contributed by atoms with Gasteiger partial charge >= 0.3 is 0 Å². The van der Waals surface area contributed by atoms with Crippen molar-refractivity contribution in [3.8, 4) is 0 Å². The summed E-state index contributed by atoms with van der Waals surface area (Å²) in [6.45, 7) is 0.580. The molecule has 1 atom stereocenters. The van der Waals surface area contributed by atoms with Gasteiger partial charge in [-0.2, -0.15) is 4.31 Å². The summed E-state index contributed by atoms with van der Waals surface area (Å²) >= 11 is 5.04. The predicted octanol–water partition coefficient (Wildman–Crippen LogP) is 2.04. The average Bonchev–Trinajstić information content (AvgIpc) is 2.39. The van der Waals surface area contributed by atoms with Crippen LogP contribution in [0.15, 0.2) is 0 Å². The third-order valence-corrected chi connectivity index (χ3v) is 6.63. The maximum absolute atomic E-state index is 12.6. The Morgan fingerprint density at radius 2 is 1.74 bits per heavy atom. The molecule has 0 aromatic heterocycles. The maximum atomic E-state index is 12.6. The zero-order chi connectivity index (χ0) is 13.9. The Hall–Kier alpha value is -0.200. The van der Waals surface area contributed by atoms with Crippen molar-refractivity contribution in [2.75, 3.05) is 12.3 Å². The summed E-state index contributed by atoms with van der Waals surface area (Å²) in [4.78, 5) is 0.326. The van der Waals surface area contributed by atoms with Crippen molar-refractivity contribution in [1.29, 1.82) is 0 Å². The number of rotatable bonds is 4. The van der Waals surface area contributed by atoms with Crippen LogP contribution in [0.3, 0.4) is 0 Å². The highest BCUT2D eigenvalue weighted by Crippen LogP contribution is 2.28. The van der Waals surface area contributed by atoms with E-state index in [0.717, 1.165) is 32.1 Å². The Bertz CT molecular complexity index is 416. The van der Waals surface area contributed by atoms with Gasteiger partial charge < -0.3 is 5.73 Å². The molecule has 2 rings (SSSR count). The summed E-state index contributed by atoms with van der Waals surface area (Å²) in [6, 6.07) is -0.252. The van der Waals surface area contributed by atoms with Gasteiger partial charge in [-0.1, -0.05) is 37.9 Å². The van der Waals surface area contributed by atoms with E-state index in [2.05, 4.69) is 0 Å². The molecular formula is C13H24N2O2S2. The highest BCUT2D eigenvalue weighted by atomic mass is 32.2. The molecule has 1 heterocycles. The van der Waals surface area contributed by atoms with E-state index in [0.29, 0.717) is 17.5 Å². The third kappa shape index (κ3) is 3.89. The Kier molecular flexibility index (Phi) is 5.20. The van der Waals surface area contributed by atoms with Crippen LogP contribution in [-0.2, 0) is 10.0 Å². The van der Waals surface area contributed by atoms with E-state index in [1.165, 1.54) is 19.3 Å². The number of hydrogen-bond donors (Lipinski definition) is 1. The summed E-state index contributed by atoms with van der Waals surface area (Å²) < 4.78 is 26.7. The number of thiocarbonyl (C=S) groups is 1. The minimum Gasteiger partial charge on any atom is -0.392 e. The van der Waals surface area contributed by atoms with Crippen molar-refractivity contribution in [3.05, 3.63) is 0 Å². The summed E-state index contributed by atoms with van der Waals surface area (Å²) in [7, 11) is -3.21. The van der Waals surface area contributed by atoms with Crippen LogP contribution in [0, 0.1) is 5.92 Å². The number of hydrogen-bond acceptors (Lipinski definition) is 3. The predicted molar refractivity (Wildman–Crippen MR) is 81.5 cm³/mol.